The first-order valence-corrected chi connectivity index (χ1v) is 10.5. The van der Waals surface area contributed by atoms with E-state index in [2.05, 4.69) is 5.32 Å². The molecule has 160 valence electrons. The van der Waals surface area contributed by atoms with Crippen molar-refractivity contribution in [1.82, 2.24) is 5.32 Å². The fourth-order valence-electron chi connectivity index (χ4n) is 3.03. The van der Waals surface area contributed by atoms with Crippen molar-refractivity contribution in [2.24, 2.45) is 0 Å². The zero-order valence-electron chi connectivity index (χ0n) is 17.2. The van der Waals surface area contributed by atoms with Crippen LogP contribution in [0.25, 0.3) is 6.08 Å². The Labute approximate surface area is 191 Å². The molecule has 0 aromatic heterocycles. The number of benzene rings is 3. The molecule has 0 atom stereocenters. The fourth-order valence-corrected chi connectivity index (χ4v) is 3.21. The Kier molecular flexibility index (Phi) is 6.94. The van der Waals surface area contributed by atoms with E-state index < -0.39 is 0 Å². The first-order valence-electron chi connectivity index (χ1n) is 10.1. The molecule has 0 radical (unpaired) electrons. The van der Waals surface area contributed by atoms with E-state index in [1.165, 1.54) is 0 Å². The summed E-state index contributed by atoms with van der Waals surface area (Å²) in [6.07, 6.45) is 5.11. The summed E-state index contributed by atoms with van der Waals surface area (Å²) in [5, 5.41) is 2.48. The molecule has 1 aliphatic heterocycles. The number of ether oxygens (including phenoxy) is 3. The maximum absolute atomic E-state index is 11.8. The lowest BCUT2D eigenvalue weighted by Gasteiger charge is -2.12. The normalized spacial score (nSPS) is 14.4. The van der Waals surface area contributed by atoms with E-state index in [0.29, 0.717) is 24.7 Å². The lowest BCUT2D eigenvalue weighted by atomic mass is 10.1. The van der Waals surface area contributed by atoms with Crippen molar-refractivity contribution in [3.8, 4) is 11.5 Å². The van der Waals surface area contributed by atoms with Crippen LogP contribution < -0.4 is 14.8 Å². The molecule has 0 aliphatic carbocycles. The number of nitrogens with one attached hydrogen (secondary N) is 1. The van der Waals surface area contributed by atoms with E-state index in [1.54, 1.807) is 12.2 Å². The molecule has 3 aromatic rings. The van der Waals surface area contributed by atoms with E-state index in [4.69, 9.17) is 26.4 Å². The summed E-state index contributed by atoms with van der Waals surface area (Å²) in [5.41, 5.74) is 2.96. The monoisotopic (exact) mass is 443 g/mol. The second kappa shape index (κ2) is 10.4. The molecule has 3 aromatic carbocycles. The number of hydrogen-bond donors (Lipinski definition) is 1. The molecule has 5 nitrogen and oxygen atoms in total. The maximum atomic E-state index is 11.8. The third-order valence-corrected chi connectivity index (χ3v) is 4.82. The Bertz CT molecular complexity index is 1160. The predicted octanol–water partition coefficient (Wildman–Crippen LogP) is 5.17. The third-order valence-electron chi connectivity index (χ3n) is 4.63. The average Bonchev–Trinajstić information content (AvgIpc) is 3.15. The minimum absolute atomic E-state index is 0.0536. The molecular weight excluding hydrogens is 422 g/mol. The molecule has 1 amide bonds. The maximum Gasteiger partial charge on any atom is 0.294 e. The number of rotatable bonds is 8. The molecule has 1 heterocycles. The van der Waals surface area contributed by atoms with Gasteiger partial charge in [0.05, 0.1) is 0 Å². The number of carbonyl (C=O) groups excluding carboxylic acids is 1. The van der Waals surface area contributed by atoms with Gasteiger partial charge in [0.2, 0.25) is 0 Å². The molecule has 1 aliphatic rings. The molecule has 32 heavy (non-hydrogen) atoms. The lowest BCUT2D eigenvalue weighted by Crippen LogP contribution is -2.18. The molecule has 1 saturated heterocycles. The summed E-state index contributed by atoms with van der Waals surface area (Å²) in [4.78, 5) is 11.8. The van der Waals surface area contributed by atoms with Gasteiger partial charge < -0.3 is 14.2 Å². The van der Waals surface area contributed by atoms with Crippen LogP contribution in [0.15, 0.2) is 96.8 Å². The van der Waals surface area contributed by atoms with Gasteiger partial charge in [-0.15, -0.1) is 0 Å². The Morgan fingerprint density at radius 2 is 1.53 bits per heavy atom. The molecule has 0 unspecified atom stereocenters. The zero-order chi connectivity index (χ0) is 22.2. The van der Waals surface area contributed by atoms with Crippen molar-refractivity contribution in [2.45, 2.75) is 13.2 Å². The van der Waals surface area contributed by atoms with E-state index in [9.17, 15) is 4.79 Å². The smallest absolute Gasteiger partial charge is 0.294 e. The van der Waals surface area contributed by atoms with Gasteiger partial charge in [0.25, 0.3) is 11.1 Å². The van der Waals surface area contributed by atoms with Gasteiger partial charge in [0.15, 0.2) is 5.76 Å². The summed E-state index contributed by atoms with van der Waals surface area (Å²) in [6.45, 7) is 0.899. The first kappa shape index (κ1) is 21.3. The summed E-state index contributed by atoms with van der Waals surface area (Å²) in [5.74, 6) is 1.20. The highest BCUT2D eigenvalue weighted by Gasteiger charge is 2.22. The fraction of sp³-hybridized carbons (Fsp3) is 0.0769. The van der Waals surface area contributed by atoms with Gasteiger partial charge in [0, 0.05) is 5.56 Å². The molecule has 6 heteroatoms. The van der Waals surface area contributed by atoms with Crippen LogP contribution in [0.2, 0.25) is 0 Å². The molecule has 4 rings (SSSR count). The second-order valence-corrected chi connectivity index (χ2v) is 7.35. The number of hydrogen-bond acceptors (Lipinski definition) is 5. The van der Waals surface area contributed by atoms with Crippen LogP contribution in [-0.2, 0) is 22.7 Å². The van der Waals surface area contributed by atoms with E-state index in [1.807, 2.05) is 84.9 Å². The highest BCUT2D eigenvalue weighted by atomic mass is 32.1. The van der Waals surface area contributed by atoms with Crippen molar-refractivity contribution in [3.05, 3.63) is 113 Å². The van der Waals surface area contributed by atoms with Gasteiger partial charge >= 0.3 is 0 Å². The Hall–Kier alpha value is -3.90. The molecular formula is C26H21NO4S. The zero-order valence-corrected chi connectivity index (χ0v) is 18.0. The number of allylic oxidation sites excluding steroid dienone is 2. The first-order chi connectivity index (χ1) is 15.7. The average molecular weight is 444 g/mol. The Morgan fingerprint density at radius 1 is 0.875 bits per heavy atom. The summed E-state index contributed by atoms with van der Waals surface area (Å²) >= 11 is 4.85. The topological polar surface area (TPSA) is 56.8 Å². The summed E-state index contributed by atoms with van der Waals surface area (Å²) < 4.78 is 17.2. The third kappa shape index (κ3) is 5.83. The van der Waals surface area contributed by atoms with Crippen LogP contribution in [0.5, 0.6) is 11.5 Å². The van der Waals surface area contributed by atoms with Crippen molar-refractivity contribution in [3.63, 3.8) is 0 Å². The SMILES string of the molecule is O=C1NC(=S)OC1=CC=Cc1cc(OCc2ccccc2)ccc1OCc1ccccc1. The number of amides is 1. The Morgan fingerprint density at radius 3 is 2.16 bits per heavy atom. The van der Waals surface area contributed by atoms with Gasteiger partial charge in [-0.1, -0.05) is 72.8 Å². The molecule has 1 fully saturated rings. The van der Waals surface area contributed by atoms with Gasteiger partial charge in [-0.2, -0.15) is 0 Å². The van der Waals surface area contributed by atoms with Crippen LogP contribution >= 0.6 is 12.2 Å². The van der Waals surface area contributed by atoms with Crippen LogP contribution in [0.3, 0.4) is 0 Å². The van der Waals surface area contributed by atoms with Gasteiger partial charge in [0.1, 0.15) is 24.7 Å². The summed E-state index contributed by atoms with van der Waals surface area (Å²) in [7, 11) is 0. The highest BCUT2D eigenvalue weighted by molar-refractivity contribution is 7.80. The number of thiocarbonyl (C=S) groups is 1. The van der Waals surface area contributed by atoms with Crippen molar-refractivity contribution in [2.75, 3.05) is 0 Å². The highest BCUT2D eigenvalue weighted by Crippen LogP contribution is 2.27. The quantitative estimate of drug-likeness (QED) is 0.384. The molecule has 0 saturated carbocycles. The molecule has 0 spiro atoms. The van der Waals surface area contributed by atoms with E-state index in [-0.39, 0.29) is 16.8 Å². The number of carbonyl (C=O) groups is 1. The minimum atomic E-state index is -0.361. The summed E-state index contributed by atoms with van der Waals surface area (Å²) in [6, 6.07) is 25.6. The van der Waals surface area contributed by atoms with Gasteiger partial charge in [-0.25, -0.2) is 0 Å². The van der Waals surface area contributed by atoms with Crippen molar-refractivity contribution < 1.29 is 19.0 Å². The van der Waals surface area contributed by atoms with E-state index in [0.717, 1.165) is 16.7 Å². The largest absolute Gasteiger partial charge is 0.489 e. The van der Waals surface area contributed by atoms with E-state index >= 15 is 0 Å². The van der Waals surface area contributed by atoms with Crippen LogP contribution in [0.4, 0.5) is 0 Å². The molecule has 0 bridgehead atoms. The van der Waals surface area contributed by atoms with Crippen LogP contribution in [-0.4, -0.2) is 11.1 Å². The van der Waals surface area contributed by atoms with Gasteiger partial charge in [-0.05, 0) is 47.6 Å². The second-order valence-electron chi connectivity index (χ2n) is 6.98. The van der Waals surface area contributed by atoms with Gasteiger partial charge in [-0.3, -0.25) is 10.1 Å². The van der Waals surface area contributed by atoms with Crippen LogP contribution in [0, 0.1) is 0 Å². The standard InChI is InChI=1S/C26H21NO4S/c28-25-24(31-26(32)27-25)13-7-12-21-16-22(29-17-19-8-3-1-4-9-19)14-15-23(21)30-18-20-10-5-2-6-11-20/h1-16H,17-18H2,(H,27,28,32). The Balaban J connectivity index is 1.52. The van der Waals surface area contributed by atoms with Crippen molar-refractivity contribution in [1.29, 1.82) is 0 Å². The molecule has 1 N–H and O–H groups in total. The lowest BCUT2D eigenvalue weighted by molar-refractivity contribution is -0.116. The van der Waals surface area contributed by atoms with Crippen molar-refractivity contribution >= 4 is 29.4 Å². The predicted molar refractivity (Wildman–Crippen MR) is 127 cm³/mol. The minimum Gasteiger partial charge on any atom is -0.489 e. The van der Waals surface area contributed by atoms with Crippen LogP contribution in [0.1, 0.15) is 16.7 Å².